The molecule has 0 aliphatic carbocycles. The molecule has 1 aliphatic heterocycles. The van der Waals surface area contributed by atoms with Crippen LogP contribution in [0.4, 0.5) is 0 Å². The van der Waals surface area contributed by atoms with Crippen molar-refractivity contribution in [3.8, 4) is 0 Å². The second kappa shape index (κ2) is 9.16. The number of amides is 4. The Kier molecular flexibility index (Phi) is 6.92. The minimum atomic E-state index is -0.977. The van der Waals surface area contributed by atoms with Crippen molar-refractivity contribution >= 4 is 23.6 Å². The Bertz CT molecular complexity index is 707. The quantitative estimate of drug-likeness (QED) is 0.494. The minimum Gasteiger partial charge on any atom is -0.368 e. The third kappa shape index (κ3) is 5.54. The molecule has 1 aliphatic rings. The molecule has 0 radical (unpaired) electrons. The van der Waals surface area contributed by atoms with Crippen molar-refractivity contribution in [2.45, 2.75) is 51.2 Å². The molecule has 0 aromatic heterocycles. The van der Waals surface area contributed by atoms with E-state index in [2.05, 4.69) is 16.0 Å². The van der Waals surface area contributed by atoms with Crippen LogP contribution in [-0.4, -0.2) is 41.8 Å². The summed E-state index contributed by atoms with van der Waals surface area (Å²) in [5.41, 5.74) is 6.26. The van der Waals surface area contributed by atoms with Gasteiger partial charge >= 0.3 is 0 Å². The number of rotatable bonds is 8. The normalized spacial score (nSPS) is 21.6. The van der Waals surface area contributed by atoms with Gasteiger partial charge in [-0.1, -0.05) is 50.6 Å². The van der Waals surface area contributed by atoms with E-state index < -0.39 is 35.8 Å². The molecule has 0 spiro atoms. The predicted molar refractivity (Wildman–Crippen MR) is 99.2 cm³/mol. The van der Waals surface area contributed by atoms with Gasteiger partial charge in [-0.25, -0.2) is 0 Å². The number of hydrogen-bond acceptors (Lipinski definition) is 4. The van der Waals surface area contributed by atoms with E-state index in [0.717, 1.165) is 5.56 Å². The van der Waals surface area contributed by atoms with Crippen LogP contribution in [0.15, 0.2) is 30.3 Å². The Labute approximate surface area is 158 Å². The summed E-state index contributed by atoms with van der Waals surface area (Å²) in [5, 5.41) is 7.80. The van der Waals surface area contributed by atoms with Crippen LogP contribution in [0.2, 0.25) is 0 Å². The zero-order valence-corrected chi connectivity index (χ0v) is 15.5. The van der Waals surface area contributed by atoms with Crippen molar-refractivity contribution in [2.75, 3.05) is 0 Å². The van der Waals surface area contributed by atoms with Gasteiger partial charge in [0.25, 0.3) is 0 Å². The van der Waals surface area contributed by atoms with Gasteiger partial charge in [-0.2, -0.15) is 0 Å². The summed E-state index contributed by atoms with van der Waals surface area (Å²) >= 11 is 0. The van der Waals surface area contributed by atoms with E-state index in [4.69, 9.17) is 5.73 Å². The number of primary amides is 1. The average Bonchev–Trinajstić information content (AvgIpc) is 2.63. The fourth-order valence-electron chi connectivity index (χ4n) is 2.96. The Morgan fingerprint density at radius 2 is 1.70 bits per heavy atom. The van der Waals surface area contributed by atoms with E-state index in [9.17, 15) is 19.2 Å². The highest BCUT2D eigenvalue weighted by Crippen LogP contribution is 2.10. The van der Waals surface area contributed by atoms with E-state index >= 15 is 0 Å². The van der Waals surface area contributed by atoms with Gasteiger partial charge in [0.2, 0.25) is 23.6 Å². The van der Waals surface area contributed by atoms with Crippen LogP contribution >= 0.6 is 0 Å². The van der Waals surface area contributed by atoms with Gasteiger partial charge in [0.1, 0.15) is 18.1 Å². The SMILES string of the molecule is CC[C@H](C)[C@H](NC(=O)C[C@@H]1NC(=O)[C@H](Cc2ccccc2)NC1=O)C(N)=O. The summed E-state index contributed by atoms with van der Waals surface area (Å²) in [6.45, 7) is 3.69. The van der Waals surface area contributed by atoms with Gasteiger partial charge in [0.15, 0.2) is 0 Å². The number of hydrogen-bond donors (Lipinski definition) is 4. The second-order valence-corrected chi connectivity index (χ2v) is 6.85. The first-order chi connectivity index (χ1) is 12.8. The summed E-state index contributed by atoms with van der Waals surface area (Å²) in [6, 6.07) is 6.87. The van der Waals surface area contributed by atoms with Crippen LogP contribution in [-0.2, 0) is 25.6 Å². The van der Waals surface area contributed by atoms with E-state index in [1.807, 2.05) is 37.3 Å². The highest BCUT2D eigenvalue weighted by Gasteiger charge is 2.35. The highest BCUT2D eigenvalue weighted by atomic mass is 16.2. The molecule has 0 saturated carbocycles. The molecular weight excluding hydrogens is 348 g/mol. The number of carbonyl (C=O) groups is 4. The summed E-state index contributed by atoms with van der Waals surface area (Å²) in [7, 11) is 0. The van der Waals surface area contributed by atoms with E-state index in [1.165, 1.54) is 0 Å². The first-order valence-electron chi connectivity index (χ1n) is 9.05. The topological polar surface area (TPSA) is 130 Å². The molecule has 5 N–H and O–H groups in total. The molecule has 27 heavy (non-hydrogen) atoms. The molecule has 0 bridgehead atoms. The lowest BCUT2D eigenvalue weighted by molar-refractivity contribution is -0.138. The Balaban J connectivity index is 1.93. The third-order valence-electron chi connectivity index (χ3n) is 4.77. The molecule has 8 heteroatoms. The number of benzene rings is 1. The van der Waals surface area contributed by atoms with Crippen LogP contribution in [0.5, 0.6) is 0 Å². The number of piperazine rings is 1. The fourth-order valence-corrected chi connectivity index (χ4v) is 2.96. The first kappa shape index (κ1) is 20.4. The summed E-state index contributed by atoms with van der Waals surface area (Å²) in [5.74, 6) is -2.04. The molecular formula is C19H26N4O4. The summed E-state index contributed by atoms with van der Waals surface area (Å²) in [6.07, 6.45) is 0.778. The lowest BCUT2D eigenvalue weighted by Gasteiger charge is -2.30. The van der Waals surface area contributed by atoms with Crippen molar-refractivity contribution in [1.29, 1.82) is 0 Å². The number of carbonyl (C=O) groups excluding carboxylic acids is 4. The summed E-state index contributed by atoms with van der Waals surface area (Å²) in [4.78, 5) is 48.3. The molecule has 1 fully saturated rings. The zero-order chi connectivity index (χ0) is 20.0. The molecule has 4 atom stereocenters. The van der Waals surface area contributed by atoms with Gasteiger partial charge in [-0.15, -0.1) is 0 Å². The van der Waals surface area contributed by atoms with Gasteiger partial charge < -0.3 is 21.7 Å². The highest BCUT2D eigenvalue weighted by molar-refractivity contribution is 5.99. The van der Waals surface area contributed by atoms with E-state index in [1.54, 1.807) is 6.92 Å². The van der Waals surface area contributed by atoms with Crippen LogP contribution in [0.3, 0.4) is 0 Å². The van der Waals surface area contributed by atoms with Crippen LogP contribution in [0.1, 0.15) is 32.3 Å². The van der Waals surface area contributed by atoms with Crippen LogP contribution in [0, 0.1) is 5.92 Å². The number of nitrogens with two attached hydrogens (primary N) is 1. The Morgan fingerprint density at radius 1 is 1.11 bits per heavy atom. The molecule has 0 unspecified atom stereocenters. The van der Waals surface area contributed by atoms with Gasteiger partial charge in [0.05, 0.1) is 6.42 Å². The smallest absolute Gasteiger partial charge is 0.243 e. The Morgan fingerprint density at radius 3 is 2.30 bits per heavy atom. The molecule has 1 aromatic carbocycles. The second-order valence-electron chi connectivity index (χ2n) is 6.85. The van der Waals surface area contributed by atoms with Crippen LogP contribution < -0.4 is 21.7 Å². The van der Waals surface area contributed by atoms with Crippen molar-refractivity contribution < 1.29 is 19.2 Å². The number of nitrogens with one attached hydrogen (secondary N) is 3. The lowest BCUT2D eigenvalue weighted by Crippen LogP contribution is -2.63. The van der Waals surface area contributed by atoms with Gasteiger partial charge in [-0.05, 0) is 11.5 Å². The van der Waals surface area contributed by atoms with E-state index in [-0.39, 0.29) is 18.2 Å². The maximum absolute atomic E-state index is 12.3. The lowest BCUT2D eigenvalue weighted by atomic mass is 9.97. The maximum atomic E-state index is 12.3. The molecule has 1 heterocycles. The van der Waals surface area contributed by atoms with Gasteiger partial charge in [-0.3, -0.25) is 19.2 Å². The molecule has 146 valence electrons. The van der Waals surface area contributed by atoms with Crippen molar-refractivity contribution in [2.24, 2.45) is 11.7 Å². The average molecular weight is 374 g/mol. The van der Waals surface area contributed by atoms with Crippen molar-refractivity contribution in [3.63, 3.8) is 0 Å². The standard InChI is InChI=1S/C19H26N4O4/c1-3-11(2)16(17(20)25)23-15(24)10-14-19(27)21-13(18(26)22-14)9-12-7-5-4-6-8-12/h4-8,11,13-14,16H,3,9-10H2,1-2H3,(H2,20,25)(H,21,27)(H,22,26)(H,23,24)/t11-,13-,14-,16-/m0/s1. The third-order valence-corrected chi connectivity index (χ3v) is 4.77. The van der Waals surface area contributed by atoms with Gasteiger partial charge in [0, 0.05) is 6.42 Å². The zero-order valence-electron chi connectivity index (χ0n) is 15.5. The largest absolute Gasteiger partial charge is 0.368 e. The molecule has 1 saturated heterocycles. The van der Waals surface area contributed by atoms with Crippen molar-refractivity contribution in [3.05, 3.63) is 35.9 Å². The molecule has 8 nitrogen and oxygen atoms in total. The van der Waals surface area contributed by atoms with Crippen molar-refractivity contribution in [1.82, 2.24) is 16.0 Å². The first-order valence-corrected chi connectivity index (χ1v) is 9.05. The monoisotopic (exact) mass is 374 g/mol. The molecule has 1 aromatic rings. The summed E-state index contributed by atoms with van der Waals surface area (Å²) < 4.78 is 0. The maximum Gasteiger partial charge on any atom is 0.243 e. The predicted octanol–water partition coefficient (Wildman–Crippen LogP) is -0.381. The Hall–Kier alpha value is -2.90. The minimum absolute atomic E-state index is 0.128. The van der Waals surface area contributed by atoms with E-state index in [0.29, 0.717) is 12.8 Å². The van der Waals surface area contributed by atoms with Crippen LogP contribution in [0.25, 0.3) is 0 Å². The molecule has 4 amide bonds. The molecule has 2 rings (SSSR count). The fraction of sp³-hybridized carbons (Fsp3) is 0.474.